The maximum absolute atomic E-state index is 13.1. The first-order valence-corrected chi connectivity index (χ1v) is 7.00. The molecule has 0 aliphatic rings. The zero-order valence-electron chi connectivity index (χ0n) is 12.8. The van der Waals surface area contributed by atoms with Crippen molar-refractivity contribution >= 4 is 17.5 Å². The average molecular weight is 341 g/mol. The molecule has 2 N–H and O–H groups in total. The topological polar surface area (TPSA) is 108 Å². The summed E-state index contributed by atoms with van der Waals surface area (Å²) in [6.45, 7) is -0.00877. The molecule has 2 rings (SSSR count). The van der Waals surface area contributed by atoms with E-state index in [-0.39, 0.29) is 17.7 Å². The van der Waals surface area contributed by atoms with E-state index in [0.29, 0.717) is 17.4 Å². The van der Waals surface area contributed by atoms with Crippen molar-refractivity contribution in [2.24, 2.45) is 0 Å². The highest BCUT2D eigenvalue weighted by molar-refractivity contribution is 6.38. The number of halogens is 1. The van der Waals surface area contributed by atoms with Crippen LogP contribution in [-0.2, 0) is 16.2 Å². The van der Waals surface area contributed by atoms with Gasteiger partial charge in [0.1, 0.15) is 23.9 Å². The first-order valence-electron chi connectivity index (χ1n) is 7.00. The summed E-state index contributed by atoms with van der Waals surface area (Å²) in [6.07, 6.45) is 0.592. The molecule has 0 saturated heterocycles. The molecule has 126 valence electrons. The molecule has 0 unspecified atom stereocenters. The number of benzene rings is 2. The van der Waals surface area contributed by atoms with Crippen molar-refractivity contribution in [2.45, 2.75) is 6.61 Å². The van der Waals surface area contributed by atoms with E-state index in [1.807, 2.05) is 6.07 Å². The Labute approximate surface area is 142 Å². The van der Waals surface area contributed by atoms with E-state index in [1.165, 1.54) is 30.3 Å². The predicted molar refractivity (Wildman–Crippen MR) is 85.1 cm³/mol. The Morgan fingerprint density at radius 2 is 1.96 bits per heavy atom. The number of carbonyl (C=O) groups excluding carboxylic acids is 1. The smallest absolute Gasteiger partial charge is 0.376 e. The van der Waals surface area contributed by atoms with E-state index in [4.69, 9.17) is 15.1 Å². The number of ether oxygens (including phenoxy) is 1. The third-order valence-electron chi connectivity index (χ3n) is 3.20. The van der Waals surface area contributed by atoms with Gasteiger partial charge in [0, 0.05) is 17.2 Å². The van der Waals surface area contributed by atoms with Gasteiger partial charge in [-0.2, -0.15) is 5.26 Å². The lowest BCUT2D eigenvalue weighted by Gasteiger charge is -2.09. The maximum Gasteiger partial charge on any atom is 0.376 e. The van der Waals surface area contributed by atoms with Crippen LogP contribution in [0.2, 0.25) is 0 Å². The fraction of sp³-hybridized carbons (Fsp3) is 0.0556. The lowest BCUT2D eigenvalue weighted by atomic mass is 10.1. The Kier molecular flexibility index (Phi) is 5.48. The van der Waals surface area contributed by atoms with Gasteiger partial charge in [-0.25, -0.2) is 9.18 Å². The molecule has 2 aromatic carbocycles. The second-order valence-electron chi connectivity index (χ2n) is 4.93. The van der Waals surface area contributed by atoms with Gasteiger partial charge in [-0.15, -0.1) is 0 Å². The van der Waals surface area contributed by atoms with Crippen molar-refractivity contribution in [1.29, 1.82) is 5.26 Å². The van der Waals surface area contributed by atoms with E-state index >= 15 is 0 Å². The van der Waals surface area contributed by atoms with Gasteiger partial charge in [0.25, 0.3) is 5.78 Å². The SMILES string of the molecule is N#Cc1cc(F)ccc1COc1cccc(C(O)=CC(=O)C(=O)O)c1. The summed E-state index contributed by atoms with van der Waals surface area (Å²) in [5.74, 6) is -3.67. The summed E-state index contributed by atoms with van der Waals surface area (Å²) >= 11 is 0. The molecule has 0 aromatic heterocycles. The fourth-order valence-electron chi connectivity index (χ4n) is 1.95. The van der Waals surface area contributed by atoms with Gasteiger partial charge in [-0.3, -0.25) is 4.79 Å². The molecular formula is C18H12FNO5. The number of rotatable bonds is 6. The number of aliphatic carboxylic acids is 1. The number of carbonyl (C=O) groups is 2. The normalized spacial score (nSPS) is 10.8. The van der Waals surface area contributed by atoms with Gasteiger partial charge in [-0.1, -0.05) is 18.2 Å². The Bertz CT molecular complexity index is 899. The molecule has 0 atom stereocenters. The number of ketones is 1. The zero-order valence-corrected chi connectivity index (χ0v) is 12.8. The predicted octanol–water partition coefficient (Wildman–Crippen LogP) is 2.83. The van der Waals surface area contributed by atoms with Crippen LogP contribution >= 0.6 is 0 Å². The van der Waals surface area contributed by atoms with Gasteiger partial charge < -0.3 is 14.9 Å². The minimum absolute atomic E-state index is 0.00877. The van der Waals surface area contributed by atoms with Gasteiger partial charge >= 0.3 is 5.97 Å². The van der Waals surface area contributed by atoms with E-state index in [9.17, 15) is 19.1 Å². The molecule has 0 amide bonds. The van der Waals surface area contributed by atoms with Crippen LogP contribution in [0.5, 0.6) is 5.75 Å². The maximum atomic E-state index is 13.1. The third kappa shape index (κ3) is 4.65. The van der Waals surface area contributed by atoms with Crippen LogP contribution in [-0.4, -0.2) is 22.0 Å². The van der Waals surface area contributed by atoms with Gasteiger partial charge in [-0.05, 0) is 24.3 Å². The van der Waals surface area contributed by atoms with Crippen molar-refractivity contribution in [3.05, 3.63) is 71.0 Å². The van der Waals surface area contributed by atoms with Crippen molar-refractivity contribution in [3.63, 3.8) is 0 Å². The minimum atomic E-state index is -1.68. The molecule has 2 aromatic rings. The van der Waals surface area contributed by atoms with Crippen LogP contribution in [0, 0.1) is 17.1 Å². The Morgan fingerprint density at radius 1 is 1.20 bits per heavy atom. The monoisotopic (exact) mass is 341 g/mol. The summed E-state index contributed by atoms with van der Waals surface area (Å²) < 4.78 is 18.6. The van der Waals surface area contributed by atoms with Crippen LogP contribution in [0.3, 0.4) is 0 Å². The molecule has 0 saturated carbocycles. The number of nitriles is 1. The summed E-state index contributed by atoms with van der Waals surface area (Å²) in [4.78, 5) is 21.6. The molecule has 0 spiro atoms. The van der Waals surface area contributed by atoms with Gasteiger partial charge in [0.15, 0.2) is 0 Å². The number of carboxylic acids is 1. The van der Waals surface area contributed by atoms with Gasteiger partial charge in [0.2, 0.25) is 0 Å². The van der Waals surface area contributed by atoms with Crippen molar-refractivity contribution in [2.75, 3.05) is 0 Å². The first-order chi connectivity index (χ1) is 11.9. The molecule has 6 nitrogen and oxygen atoms in total. The van der Waals surface area contributed by atoms with Crippen LogP contribution in [0.25, 0.3) is 5.76 Å². The lowest BCUT2D eigenvalue weighted by Crippen LogP contribution is -2.09. The first kappa shape index (κ1) is 17.7. The fourth-order valence-corrected chi connectivity index (χ4v) is 1.95. The highest BCUT2D eigenvalue weighted by Crippen LogP contribution is 2.20. The summed E-state index contributed by atoms with van der Waals surface area (Å²) in [5.41, 5.74) is 0.813. The largest absolute Gasteiger partial charge is 0.507 e. The highest BCUT2D eigenvalue weighted by Gasteiger charge is 2.11. The van der Waals surface area contributed by atoms with E-state index < -0.39 is 23.3 Å². The minimum Gasteiger partial charge on any atom is -0.507 e. The lowest BCUT2D eigenvalue weighted by molar-refractivity contribution is -0.146. The standard InChI is InChI=1S/C18H12FNO5/c19-14-5-4-12(13(6-14)9-20)10-25-15-3-1-2-11(7-15)16(21)8-17(22)18(23)24/h1-8,21H,10H2,(H,23,24). The molecule has 25 heavy (non-hydrogen) atoms. The highest BCUT2D eigenvalue weighted by atomic mass is 19.1. The third-order valence-corrected chi connectivity index (χ3v) is 3.20. The molecular weight excluding hydrogens is 329 g/mol. The van der Waals surface area contributed by atoms with Crippen LogP contribution in [0.4, 0.5) is 4.39 Å². The zero-order chi connectivity index (χ0) is 18.4. The summed E-state index contributed by atoms with van der Waals surface area (Å²) in [6, 6.07) is 11.6. The quantitative estimate of drug-likeness (QED) is 0.475. The summed E-state index contributed by atoms with van der Waals surface area (Å²) in [7, 11) is 0. The molecule has 0 heterocycles. The van der Waals surface area contributed by atoms with Crippen LogP contribution in [0.15, 0.2) is 48.5 Å². The number of aliphatic hydroxyl groups is 1. The molecule has 0 radical (unpaired) electrons. The van der Waals surface area contributed by atoms with E-state index in [2.05, 4.69) is 0 Å². The number of hydrogen-bond acceptors (Lipinski definition) is 5. The van der Waals surface area contributed by atoms with Crippen molar-refractivity contribution in [3.8, 4) is 11.8 Å². The van der Waals surface area contributed by atoms with Gasteiger partial charge in [0.05, 0.1) is 11.6 Å². The molecule has 0 fully saturated rings. The summed E-state index contributed by atoms with van der Waals surface area (Å²) in [5, 5.41) is 27.3. The van der Waals surface area contributed by atoms with E-state index in [0.717, 1.165) is 6.07 Å². The Morgan fingerprint density at radius 3 is 2.64 bits per heavy atom. The second kappa shape index (κ2) is 7.75. The number of nitrogens with zero attached hydrogens (tertiary/aromatic N) is 1. The molecule has 0 aliphatic heterocycles. The van der Waals surface area contributed by atoms with Crippen LogP contribution < -0.4 is 4.74 Å². The number of aliphatic hydroxyl groups excluding tert-OH is 1. The molecule has 7 heteroatoms. The average Bonchev–Trinajstić information content (AvgIpc) is 2.60. The number of hydrogen-bond donors (Lipinski definition) is 2. The van der Waals surface area contributed by atoms with Crippen LogP contribution in [0.1, 0.15) is 16.7 Å². The molecule has 0 aliphatic carbocycles. The van der Waals surface area contributed by atoms with Crippen molar-refractivity contribution < 1.29 is 28.9 Å². The Balaban J connectivity index is 2.16. The number of carboxylic acid groups (broad SMARTS) is 1. The molecule has 0 bridgehead atoms. The van der Waals surface area contributed by atoms with E-state index in [1.54, 1.807) is 6.07 Å². The second-order valence-corrected chi connectivity index (χ2v) is 4.93. The Hall–Kier alpha value is -3.66. The van der Waals surface area contributed by atoms with Crippen molar-refractivity contribution in [1.82, 2.24) is 0 Å².